The minimum atomic E-state index is -0.869. The van der Waals surface area contributed by atoms with Crippen LogP contribution in [0.3, 0.4) is 0 Å². The van der Waals surface area contributed by atoms with Gasteiger partial charge in [-0.3, -0.25) is 10.2 Å². The molecule has 27 heavy (non-hydrogen) atoms. The largest absolute Gasteiger partial charge is 0.285 e. The number of alkyl halides is 1. The Labute approximate surface area is 177 Å². The Morgan fingerprint density at radius 2 is 1.89 bits per heavy atom. The lowest BCUT2D eigenvalue weighted by Gasteiger charge is -2.38. The molecule has 1 aliphatic heterocycles. The number of hydrazine groups is 1. The van der Waals surface area contributed by atoms with Gasteiger partial charge in [-0.2, -0.15) is 0 Å². The first kappa shape index (κ1) is 20.7. The molecule has 0 spiro atoms. The zero-order chi connectivity index (χ0) is 19.6. The number of carbonyl (C=O) groups excluding carboxylic acids is 1. The van der Waals surface area contributed by atoms with E-state index in [1.807, 2.05) is 29.3 Å². The van der Waals surface area contributed by atoms with Crippen molar-refractivity contribution in [2.75, 3.05) is 0 Å². The van der Waals surface area contributed by atoms with Gasteiger partial charge in [-0.25, -0.2) is 9.40 Å². The molecule has 1 aliphatic carbocycles. The second-order valence-electron chi connectivity index (χ2n) is 7.48. The van der Waals surface area contributed by atoms with Gasteiger partial charge in [0.15, 0.2) is 0 Å². The van der Waals surface area contributed by atoms with Gasteiger partial charge in [0.25, 0.3) is 5.91 Å². The van der Waals surface area contributed by atoms with Crippen molar-refractivity contribution in [1.29, 1.82) is 0 Å². The molecule has 6 heteroatoms. The molecule has 3 nitrogen and oxygen atoms in total. The van der Waals surface area contributed by atoms with Crippen LogP contribution in [0.15, 0.2) is 51.4 Å². The van der Waals surface area contributed by atoms with Crippen LogP contribution in [-0.4, -0.2) is 29.2 Å². The third-order valence-corrected chi connectivity index (χ3v) is 7.32. The number of halogens is 3. The summed E-state index contributed by atoms with van der Waals surface area (Å²) in [5.74, 6) is -0.378. The van der Waals surface area contributed by atoms with Crippen molar-refractivity contribution < 1.29 is 9.18 Å². The Hall–Kier alpha value is -0.980. The van der Waals surface area contributed by atoms with Gasteiger partial charge in [0.2, 0.25) is 0 Å². The number of benzene rings is 1. The predicted octanol–water partition coefficient (Wildman–Crippen LogP) is 5.67. The fraction of sp³-hybridized carbons (Fsp3) is 0.476. The molecule has 5 unspecified atom stereocenters. The van der Waals surface area contributed by atoms with Crippen molar-refractivity contribution in [2.24, 2.45) is 5.92 Å². The Kier molecular flexibility index (Phi) is 6.93. The van der Waals surface area contributed by atoms with Crippen LogP contribution < -0.4 is 5.43 Å². The van der Waals surface area contributed by atoms with Gasteiger partial charge >= 0.3 is 0 Å². The normalized spacial score (nSPS) is 31.5. The summed E-state index contributed by atoms with van der Waals surface area (Å²) < 4.78 is 16.0. The van der Waals surface area contributed by atoms with Gasteiger partial charge in [0.05, 0.1) is 0 Å². The smallest absolute Gasteiger partial charge is 0.258 e. The lowest BCUT2D eigenvalue weighted by Crippen LogP contribution is -2.53. The van der Waals surface area contributed by atoms with E-state index in [1.165, 1.54) is 12.5 Å². The third kappa shape index (κ3) is 5.09. The summed E-state index contributed by atoms with van der Waals surface area (Å²) >= 11 is 6.90. The van der Waals surface area contributed by atoms with Crippen LogP contribution >= 0.6 is 31.9 Å². The van der Waals surface area contributed by atoms with Gasteiger partial charge in [-0.15, -0.1) is 0 Å². The SMILES string of the molecule is CC1CCCC(C)N1NC(=O)/C=C/C=C/C1C(F)C1c1ccc(Br)c(Br)c1. The average Bonchev–Trinajstić information content (AvgIpc) is 3.27. The quantitative estimate of drug-likeness (QED) is 0.418. The zero-order valence-electron chi connectivity index (χ0n) is 15.5. The topological polar surface area (TPSA) is 32.3 Å². The van der Waals surface area contributed by atoms with E-state index >= 15 is 0 Å². The average molecular weight is 500 g/mol. The molecule has 2 fully saturated rings. The minimum absolute atomic E-state index is 0.108. The molecule has 146 valence electrons. The van der Waals surface area contributed by atoms with Crippen molar-refractivity contribution in [3.63, 3.8) is 0 Å². The number of nitrogens with zero attached hydrogens (tertiary/aromatic N) is 1. The lowest BCUT2D eigenvalue weighted by molar-refractivity contribution is -0.124. The maximum atomic E-state index is 14.2. The summed E-state index contributed by atoms with van der Waals surface area (Å²) in [5.41, 5.74) is 3.96. The van der Waals surface area contributed by atoms with Crippen LogP contribution in [0.5, 0.6) is 0 Å². The van der Waals surface area contributed by atoms with Crippen LogP contribution in [0.1, 0.15) is 44.6 Å². The van der Waals surface area contributed by atoms with E-state index in [2.05, 4.69) is 51.1 Å². The highest BCUT2D eigenvalue weighted by Crippen LogP contribution is 2.51. The van der Waals surface area contributed by atoms with Crippen molar-refractivity contribution in [1.82, 2.24) is 10.4 Å². The summed E-state index contributed by atoms with van der Waals surface area (Å²) in [6, 6.07) is 6.54. The summed E-state index contributed by atoms with van der Waals surface area (Å²) in [6.45, 7) is 4.27. The molecule has 0 radical (unpaired) electrons. The molecule has 2 aliphatic rings. The van der Waals surface area contributed by atoms with Crippen molar-refractivity contribution in [2.45, 2.75) is 57.3 Å². The number of hydrogen-bond donors (Lipinski definition) is 1. The Bertz CT molecular complexity index is 742. The van der Waals surface area contributed by atoms with Gasteiger partial charge in [-0.05, 0) is 76.2 Å². The van der Waals surface area contributed by atoms with Crippen LogP contribution in [0, 0.1) is 5.92 Å². The van der Waals surface area contributed by atoms with E-state index in [9.17, 15) is 9.18 Å². The number of rotatable bonds is 5. The van der Waals surface area contributed by atoms with Crippen LogP contribution in [0.4, 0.5) is 4.39 Å². The van der Waals surface area contributed by atoms with Gasteiger partial charge in [0.1, 0.15) is 6.17 Å². The first-order valence-corrected chi connectivity index (χ1v) is 11.0. The highest BCUT2D eigenvalue weighted by molar-refractivity contribution is 9.13. The predicted molar refractivity (Wildman–Crippen MR) is 114 cm³/mol. The standard InChI is InChI=1S/C21H25Br2FN2O/c1-13-6-5-7-14(2)26(13)25-19(27)9-4-3-8-16-20(21(16)24)15-10-11-17(22)18(23)12-15/h3-4,8-14,16,20-21H,5-7H2,1-2H3,(H,25,27)/b8-3+,9-4+. The number of allylic oxidation sites excluding steroid dienone is 3. The van der Waals surface area contributed by atoms with Crippen molar-refractivity contribution in [3.8, 4) is 0 Å². The van der Waals surface area contributed by atoms with E-state index in [1.54, 1.807) is 12.2 Å². The second-order valence-corrected chi connectivity index (χ2v) is 9.19. The Balaban J connectivity index is 1.51. The number of carbonyl (C=O) groups is 1. The monoisotopic (exact) mass is 498 g/mol. The second kappa shape index (κ2) is 9.01. The zero-order valence-corrected chi connectivity index (χ0v) is 18.7. The van der Waals surface area contributed by atoms with E-state index in [-0.39, 0.29) is 17.7 Å². The maximum absolute atomic E-state index is 14.2. The molecular formula is C21H25Br2FN2O. The van der Waals surface area contributed by atoms with Gasteiger partial charge < -0.3 is 0 Å². The number of piperidine rings is 1. The summed E-state index contributed by atoms with van der Waals surface area (Å²) in [4.78, 5) is 12.1. The summed E-state index contributed by atoms with van der Waals surface area (Å²) in [6.07, 6.45) is 9.35. The molecule has 1 saturated heterocycles. The van der Waals surface area contributed by atoms with Gasteiger partial charge in [0, 0.05) is 38.9 Å². The molecule has 3 rings (SSSR count). The minimum Gasteiger partial charge on any atom is -0.285 e. The highest BCUT2D eigenvalue weighted by Gasteiger charge is 2.50. The Morgan fingerprint density at radius 1 is 1.19 bits per heavy atom. The van der Waals surface area contributed by atoms with Crippen molar-refractivity contribution >= 4 is 37.8 Å². The molecule has 1 heterocycles. The molecular weight excluding hydrogens is 475 g/mol. The number of amides is 1. The van der Waals surface area contributed by atoms with Crippen LogP contribution in [0.2, 0.25) is 0 Å². The van der Waals surface area contributed by atoms with E-state index in [4.69, 9.17) is 0 Å². The summed E-state index contributed by atoms with van der Waals surface area (Å²) in [7, 11) is 0. The van der Waals surface area contributed by atoms with Gasteiger partial charge in [-0.1, -0.05) is 30.7 Å². The Morgan fingerprint density at radius 3 is 2.56 bits per heavy atom. The molecule has 1 amide bonds. The first-order valence-electron chi connectivity index (χ1n) is 9.41. The van der Waals surface area contributed by atoms with E-state index in [0.29, 0.717) is 12.1 Å². The molecule has 0 aromatic heterocycles. The van der Waals surface area contributed by atoms with Crippen LogP contribution in [-0.2, 0) is 4.79 Å². The maximum Gasteiger partial charge on any atom is 0.258 e. The number of hydrogen-bond acceptors (Lipinski definition) is 2. The fourth-order valence-electron chi connectivity index (χ4n) is 3.79. The molecule has 1 aromatic carbocycles. The first-order chi connectivity index (χ1) is 12.9. The fourth-order valence-corrected chi connectivity index (χ4v) is 4.43. The third-order valence-electron chi connectivity index (χ3n) is 5.44. The van der Waals surface area contributed by atoms with Crippen LogP contribution in [0.25, 0.3) is 0 Å². The molecule has 1 aromatic rings. The van der Waals surface area contributed by atoms with Crippen molar-refractivity contribution in [3.05, 3.63) is 57.0 Å². The molecule has 1 saturated carbocycles. The van der Waals surface area contributed by atoms with E-state index in [0.717, 1.165) is 27.4 Å². The lowest BCUT2D eigenvalue weighted by atomic mass is 10.00. The molecule has 0 bridgehead atoms. The molecule has 1 N–H and O–H groups in total. The van der Waals surface area contributed by atoms with E-state index < -0.39 is 6.17 Å². The summed E-state index contributed by atoms with van der Waals surface area (Å²) in [5, 5.41) is 2.04. The highest BCUT2D eigenvalue weighted by atomic mass is 79.9. The number of nitrogens with one attached hydrogen (secondary N) is 1. The molecule has 5 atom stereocenters.